The third-order valence-electron chi connectivity index (χ3n) is 2.70. The van der Waals surface area contributed by atoms with E-state index in [0.717, 1.165) is 18.1 Å². The van der Waals surface area contributed by atoms with E-state index in [1.807, 2.05) is 19.9 Å². The molecular weight excluding hydrogens is 257 g/mol. The van der Waals surface area contributed by atoms with Crippen LogP contribution in [0.1, 0.15) is 24.0 Å². The maximum absolute atomic E-state index is 13.4. The number of nitrogens with zero attached hydrogens (tertiary/aromatic N) is 2. The number of benzene rings is 1. The van der Waals surface area contributed by atoms with Gasteiger partial charge in [0.1, 0.15) is 18.2 Å². The second kappa shape index (κ2) is 6.96. The lowest BCUT2D eigenvalue weighted by Crippen LogP contribution is -2.06. The molecule has 5 heteroatoms. The molecule has 0 saturated heterocycles. The van der Waals surface area contributed by atoms with Crippen LogP contribution in [0.2, 0.25) is 0 Å². The van der Waals surface area contributed by atoms with Crippen LogP contribution in [0.25, 0.3) is 0 Å². The lowest BCUT2D eigenvalue weighted by Gasteiger charge is -2.08. The van der Waals surface area contributed by atoms with Crippen LogP contribution in [0.5, 0.6) is 0 Å². The molecule has 4 nitrogen and oxygen atoms in total. The van der Waals surface area contributed by atoms with Gasteiger partial charge in [0, 0.05) is 23.9 Å². The number of aromatic nitrogens is 2. The summed E-state index contributed by atoms with van der Waals surface area (Å²) < 4.78 is 18.9. The molecule has 1 aromatic heterocycles. The van der Waals surface area contributed by atoms with Crippen molar-refractivity contribution < 1.29 is 9.13 Å². The molecule has 0 atom stereocenters. The predicted molar refractivity (Wildman–Crippen MR) is 75.8 cm³/mol. The highest BCUT2D eigenvalue weighted by Gasteiger charge is 2.04. The third kappa shape index (κ3) is 3.99. The Morgan fingerprint density at radius 1 is 1.20 bits per heavy atom. The number of hydrogen-bond donors (Lipinski definition) is 1. The fourth-order valence-electron chi connectivity index (χ4n) is 1.83. The number of halogens is 1. The predicted octanol–water partition coefficient (Wildman–Crippen LogP) is 3.07. The summed E-state index contributed by atoms with van der Waals surface area (Å²) in [4.78, 5) is 8.64. The summed E-state index contributed by atoms with van der Waals surface area (Å²) in [5.74, 6) is 1.12. The van der Waals surface area contributed by atoms with Gasteiger partial charge in [0.25, 0.3) is 0 Å². The zero-order valence-electron chi connectivity index (χ0n) is 11.7. The number of aryl methyl sites for hydroxylation is 1. The Kier molecular flexibility index (Phi) is 5.01. The maximum Gasteiger partial charge on any atom is 0.156 e. The Morgan fingerprint density at radius 3 is 2.75 bits per heavy atom. The van der Waals surface area contributed by atoms with Crippen molar-refractivity contribution in [3.05, 3.63) is 53.2 Å². The van der Waals surface area contributed by atoms with Crippen molar-refractivity contribution in [1.29, 1.82) is 0 Å². The second-order valence-corrected chi connectivity index (χ2v) is 4.43. The minimum absolute atomic E-state index is 0.209. The number of rotatable bonds is 6. The van der Waals surface area contributed by atoms with E-state index in [4.69, 9.17) is 4.74 Å². The molecule has 0 amide bonds. The van der Waals surface area contributed by atoms with Gasteiger partial charge >= 0.3 is 0 Å². The maximum atomic E-state index is 13.4. The van der Waals surface area contributed by atoms with Crippen molar-refractivity contribution in [2.75, 3.05) is 11.9 Å². The van der Waals surface area contributed by atoms with Gasteiger partial charge in [-0.2, -0.15) is 0 Å². The molecule has 1 aromatic carbocycles. The summed E-state index contributed by atoms with van der Waals surface area (Å²) in [6, 6.07) is 8.45. The van der Waals surface area contributed by atoms with E-state index in [9.17, 15) is 4.39 Å². The van der Waals surface area contributed by atoms with Crippen molar-refractivity contribution in [2.45, 2.75) is 27.1 Å². The summed E-state index contributed by atoms with van der Waals surface area (Å²) in [6.45, 7) is 5.18. The monoisotopic (exact) mass is 275 g/mol. The molecule has 0 fully saturated rings. The van der Waals surface area contributed by atoms with Gasteiger partial charge in [0.05, 0.1) is 6.61 Å². The average Bonchev–Trinajstić information content (AvgIpc) is 2.41. The van der Waals surface area contributed by atoms with Crippen LogP contribution in [0, 0.1) is 12.7 Å². The molecule has 0 aliphatic carbocycles. The molecule has 0 bridgehead atoms. The van der Waals surface area contributed by atoms with E-state index < -0.39 is 0 Å². The van der Waals surface area contributed by atoms with Gasteiger partial charge in [-0.1, -0.05) is 18.2 Å². The van der Waals surface area contributed by atoms with Crippen molar-refractivity contribution >= 4 is 5.82 Å². The highest BCUT2D eigenvalue weighted by Crippen LogP contribution is 2.10. The minimum Gasteiger partial charge on any atom is -0.370 e. The molecular formula is C15H18FN3O. The lowest BCUT2D eigenvalue weighted by molar-refractivity contribution is 0.0994. The Bertz CT molecular complexity index is 575. The highest BCUT2D eigenvalue weighted by atomic mass is 19.1. The van der Waals surface area contributed by atoms with E-state index in [1.165, 1.54) is 6.07 Å². The van der Waals surface area contributed by atoms with Crippen molar-refractivity contribution in [2.24, 2.45) is 0 Å². The van der Waals surface area contributed by atoms with Crippen molar-refractivity contribution in [1.82, 2.24) is 9.97 Å². The first-order valence-electron chi connectivity index (χ1n) is 6.58. The SMILES string of the molecule is CCNc1cc(C)nc(COCc2ccccc2F)n1. The van der Waals surface area contributed by atoms with Crippen LogP contribution in [-0.4, -0.2) is 16.5 Å². The van der Waals surface area contributed by atoms with Gasteiger partial charge in [0.2, 0.25) is 0 Å². The van der Waals surface area contributed by atoms with Gasteiger partial charge in [-0.05, 0) is 19.9 Å². The molecule has 2 rings (SSSR count). The Morgan fingerprint density at radius 2 is 2.00 bits per heavy atom. The molecule has 0 spiro atoms. The molecule has 1 N–H and O–H groups in total. The molecule has 0 aliphatic heterocycles. The molecule has 0 radical (unpaired) electrons. The molecule has 0 unspecified atom stereocenters. The van der Waals surface area contributed by atoms with Crippen LogP contribution in [0.4, 0.5) is 10.2 Å². The van der Waals surface area contributed by atoms with Crippen molar-refractivity contribution in [3.63, 3.8) is 0 Å². The Balaban J connectivity index is 1.95. The summed E-state index contributed by atoms with van der Waals surface area (Å²) in [6.07, 6.45) is 0. The standard InChI is InChI=1S/C15H18FN3O/c1-3-17-14-8-11(2)18-15(19-14)10-20-9-12-6-4-5-7-13(12)16/h4-8H,3,9-10H2,1-2H3,(H,17,18,19). The van der Waals surface area contributed by atoms with E-state index in [0.29, 0.717) is 11.4 Å². The fraction of sp³-hybridized carbons (Fsp3) is 0.333. The van der Waals surface area contributed by atoms with Crippen molar-refractivity contribution in [3.8, 4) is 0 Å². The first-order chi connectivity index (χ1) is 9.69. The highest BCUT2D eigenvalue weighted by molar-refractivity contribution is 5.35. The largest absolute Gasteiger partial charge is 0.370 e. The normalized spacial score (nSPS) is 10.6. The van der Waals surface area contributed by atoms with Gasteiger partial charge < -0.3 is 10.1 Å². The first kappa shape index (κ1) is 14.4. The average molecular weight is 275 g/mol. The Labute approximate surface area is 118 Å². The molecule has 106 valence electrons. The van der Waals surface area contributed by atoms with Crippen LogP contribution in [0.15, 0.2) is 30.3 Å². The number of nitrogens with one attached hydrogen (secondary N) is 1. The van der Waals surface area contributed by atoms with Crippen LogP contribution in [0.3, 0.4) is 0 Å². The number of hydrogen-bond acceptors (Lipinski definition) is 4. The van der Waals surface area contributed by atoms with Gasteiger partial charge in [-0.3, -0.25) is 0 Å². The molecule has 0 saturated carbocycles. The van der Waals surface area contributed by atoms with Gasteiger partial charge in [0.15, 0.2) is 5.82 Å². The number of ether oxygens (including phenoxy) is 1. The molecule has 2 aromatic rings. The molecule has 0 aliphatic rings. The lowest BCUT2D eigenvalue weighted by atomic mass is 10.2. The fourth-order valence-corrected chi connectivity index (χ4v) is 1.83. The van der Waals surface area contributed by atoms with Crippen LogP contribution >= 0.6 is 0 Å². The molecule has 20 heavy (non-hydrogen) atoms. The minimum atomic E-state index is -0.258. The topological polar surface area (TPSA) is 47.0 Å². The van der Waals surface area contributed by atoms with Crippen LogP contribution in [-0.2, 0) is 18.0 Å². The Hall–Kier alpha value is -2.01. The van der Waals surface area contributed by atoms with Gasteiger partial charge in [-0.25, -0.2) is 14.4 Å². The number of anilines is 1. The molecule has 1 heterocycles. The summed E-state index contributed by atoms with van der Waals surface area (Å²) in [5.41, 5.74) is 1.41. The summed E-state index contributed by atoms with van der Waals surface area (Å²) >= 11 is 0. The van der Waals surface area contributed by atoms with E-state index in [2.05, 4.69) is 15.3 Å². The van der Waals surface area contributed by atoms with Gasteiger partial charge in [-0.15, -0.1) is 0 Å². The summed E-state index contributed by atoms with van der Waals surface area (Å²) in [7, 11) is 0. The van der Waals surface area contributed by atoms with E-state index in [1.54, 1.807) is 18.2 Å². The summed E-state index contributed by atoms with van der Waals surface area (Å²) in [5, 5.41) is 3.14. The second-order valence-electron chi connectivity index (χ2n) is 4.43. The third-order valence-corrected chi connectivity index (χ3v) is 2.70. The quantitative estimate of drug-likeness (QED) is 0.880. The zero-order valence-corrected chi connectivity index (χ0v) is 11.7. The smallest absolute Gasteiger partial charge is 0.156 e. The zero-order chi connectivity index (χ0) is 14.4. The van der Waals surface area contributed by atoms with E-state index in [-0.39, 0.29) is 19.0 Å². The van der Waals surface area contributed by atoms with Crippen LogP contribution < -0.4 is 5.32 Å². The first-order valence-corrected chi connectivity index (χ1v) is 6.58. The van der Waals surface area contributed by atoms with E-state index >= 15 is 0 Å².